The maximum Gasteiger partial charge on any atom is 0.251 e. The van der Waals surface area contributed by atoms with Crippen LogP contribution in [0.15, 0.2) is 41.9 Å². The lowest BCUT2D eigenvalue weighted by Crippen LogP contribution is -2.35. The van der Waals surface area contributed by atoms with E-state index in [4.69, 9.17) is 0 Å². The first-order chi connectivity index (χ1) is 12.2. The number of sulfone groups is 1. The van der Waals surface area contributed by atoms with Crippen molar-refractivity contribution in [3.05, 3.63) is 53.1 Å². The van der Waals surface area contributed by atoms with Crippen LogP contribution in [0.2, 0.25) is 0 Å². The predicted molar refractivity (Wildman–Crippen MR) is 101 cm³/mol. The quantitative estimate of drug-likeness (QED) is 0.876. The molecule has 0 saturated heterocycles. The Balaban J connectivity index is 1.75. The molecule has 2 heterocycles. The molecule has 0 spiro atoms. The van der Waals surface area contributed by atoms with Gasteiger partial charge in [0, 0.05) is 42.4 Å². The Kier molecular flexibility index (Phi) is 4.78. The van der Waals surface area contributed by atoms with E-state index < -0.39 is 15.9 Å². The van der Waals surface area contributed by atoms with Crippen molar-refractivity contribution in [3.8, 4) is 11.4 Å². The summed E-state index contributed by atoms with van der Waals surface area (Å²) >= 11 is 0. The zero-order chi connectivity index (χ0) is 18.9. The van der Waals surface area contributed by atoms with Gasteiger partial charge in [-0.3, -0.25) is 4.79 Å². The highest BCUT2D eigenvalue weighted by atomic mass is 32.2. The maximum atomic E-state index is 12.3. The molecule has 1 N–H and O–H groups in total. The second-order valence-electron chi connectivity index (χ2n) is 6.41. The number of aromatic nitrogens is 2. The number of nitrogens with zero attached hydrogens (tertiary/aromatic N) is 3. The van der Waals surface area contributed by atoms with Crippen molar-refractivity contribution < 1.29 is 13.2 Å². The van der Waals surface area contributed by atoms with Crippen molar-refractivity contribution in [1.82, 2.24) is 15.3 Å². The fraction of sp³-hybridized carbons (Fsp3) is 0.278. The van der Waals surface area contributed by atoms with Crippen molar-refractivity contribution in [2.24, 2.45) is 0 Å². The number of rotatable bonds is 4. The van der Waals surface area contributed by atoms with Gasteiger partial charge >= 0.3 is 0 Å². The van der Waals surface area contributed by atoms with Crippen LogP contribution in [-0.4, -0.2) is 50.2 Å². The van der Waals surface area contributed by atoms with Crippen LogP contribution in [-0.2, 0) is 9.84 Å². The zero-order valence-corrected chi connectivity index (χ0v) is 15.6. The summed E-state index contributed by atoms with van der Waals surface area (Å²) in [6.45, 7) is 1.95. The number of carbonyl (C=O) groups excluding carboxylic acids is 1. The summed E-state index contributed by atoms with van der Waals surface area (Å²) in [5.74, 6) is 1.01. The molecule has 136 valence electrons. The molecule has 1 aromatic heterocycles. The van der Waals surface area contributed by atoms with Gasteiger partial charge in [-0.1, -0.05) is 12.1 Å². The predicted octanol–water partition coefficient (Wildman–Crippen LogP) is 1.56. The minimum atomic E-state index is -3.20. The summed E-state index contributed by atoms with van der Waals surface area (Å²) < 4.78 is 22.8. The van der Waals surface area contributed by atoms with E-state index in [1.165, 1.54) is 6.08 Å². The van der Waals surface area contributed by atoms with Gasteiger partial charge in [0.1, 0.15) is 5.82 Å². The molecule has 1 unspecified atom stereocenters. The normalized spacial score (nSPS) is 17.9. The van der Waals surface area contributed by atoms with Gasteiger partial charge < -0.3 is 10.2 Å². The van der Waals surface area contributed by atoms with E-state index in [9.17, 15) is 13.2 Å². The number of hydrogen-bond donors (Lipinski definition) is 1. The highest BCUT2D eigenvalue weighted by Crippen LogP contribution is 2.21. The van der Waals surface area contributed by atoms with E-state index in [1.807, 2.05) is 25.9 Å². The van der Waals surface area contributed by atoms with Gasteiger partial charge in [0.2, 0.25) is 0 Å². The lowest BCUT2D eigenvalue weighted by atomic mass is 10.1. The van der Waals surface area contributed by atoms with Crippen molar-refractivity contribution >= 4 is 21.6 Å². The van der Waals surface area contributed by atoms with Gasteiger partial charge in [-0.05, 0) is 25.1 Å². The molecule has 1 amide bonds. The van der Waals surface area contributed by atoms with Crippen LogP contribution in [0.4, 0.5) is 5.82 Å². The third-order valence-corrected chi connectivity index (χ3v) is 5.42. The number of amides is 1. The van der Waals surface area contributed by atoms with Crippen LogP contribution in [0.5, 0.6) is 0 Å². The van der Waals surface area contributed by atoms with Crippen molar-refractivity contribution in [1.29, 1.82) is 0 Å². The standard InChI is InChI=1S/C18H20N4O3S/c1-12-10-19-16(21-17(12)22(2)3)13-4-6-14(7-5-13)18(23)20-15-8-9-26(24,25)11-15/h4-10,15H,11H2,1-3H3,(H,20,23). The third kappa shape index (κ3) is 3.91. The Morgan fingerprint density at radius 3 is 2.50 bits per heavy atom. The Labute approximate surface area is 152 Å². The summed E-state index contributed by atoms with van der Waals surface area (Å²) in [5, 5.41) is 3.84. The molecule has 0 bridgehead atoms. The number of nitrogens with one attached hydrogen (secondary N) is 1. The van der Waals surface area contributed by atoms with Gasteiger partial charge in [-0.25, -0.2) is 18.4 Å². The van der Waals surface area contributed by atoms with E-state index in [0.29, 0.717) is 11.4 Å². The molecule has 7 nitrogen and oxygen atoms in total. The number of carbonyl (C=O) groups is 1. The van der Waals surface area contributed by atoms with Crippen LogP contribution < -0.4 is 10.2 Å². The second kappa shape index (κ2) is 6.87. The van der Waals surface area contributed by atoms with E-state index in [2.05, 4.69) is 15.3 Å². The largest absolute Gasteiger partial charge is 0.362 e. The number of hydrogen-bond acceptors (Lipinski definition) is 6. The fourth-order valence-electron chi connectivity index (χ4n) is 2.71. The van der Waals surface area contributed by atoms with Gasteiger partial charge in [0.05, 0.1) is 11.8 Å². The van der Waals surface area contributed by atoms with Crippen molar-refractivity contribution in [2.45, 2.75) is 13.0 Å². The van der Waals surface area contributed by atoms with E-state index in [0.717, 1.165) is 22.4 Å². The number of anilines is 1. The molecule has 0 aliphatic carbocycles. The molecular weight excluding hydrogens is 352 g/mol. The topological polar surface area (TPSA) is 92.3 Å². The Bertz CT molecular complexity index is 966. The highest BCUT2D eigenvalue weighted by molar-refractivity contribution is 7.94. The molecule has 1 aromatic carbocycles. The third-order valence-electron chi connectivity index (χ3n) is 4.02. The van der Waals surface area contributed by atoms with Gasteiger partial charge in [0.25, 0.3) is 5.91 Å². The first-order valence-electron chi connectivity index (χ1n) is 8.08. The molecule has 0 radical (unpaired) electrons. The Morgan fingerprint density at radius 2 is 1.92 bits per heavy atom. The van der Waals surface area contributed by atoms with Crippen LogP contribution in [0, 0.1) is 6.92 Å². The van der Waals surface area contributed by atoms with Crippen LogP contribution in [0.25, 0.3) is 11.4 Å². The molecule has 8 heteroatoms. The molecule has 3 rings (SSSR count). The van der Waals surface area contributed by atoms with Crippen LogP contribution in [0.3, 0.4) is 0 Å². The molecule has 26 heavy (non-hydrogen) atoms. The smallest absolute Gasteiger partial charge is 0.251 e. The maximum absolute atomic E-state index is 12.3. The van der Waals surface area contributed by atoms with E-state index >= 15 is 0 Å². The van der Waals surface area contributed by atoms with E-state index in [1.54, 1.807) is 30.5 Å². The minimum Gasteiger partial charge on any atom is -0.362 e. The SMILES string of the molecule is Cc1cnc(-c2ccc(C(=O)NC3C=CS(=O)(=O)C3)cc2)nc1N(C)C. The average Bonchev–Trinajstić information content (AvgIpc) is 2.93. The molecule has 1 atom stereocenters. The van der Waals surface area contributed by atoms with Crippen LogP contribution in [0.1, 0.15) is 15.9 Å². The summed E-state index contributed by atoms with van der Waals surface area (Å²) in [5.41, 5.74) is 2.23. The lowest BCUT2D eigenvalue weighted by molar-refractivity contribution is 0.0947. The summed E-state index contributed by atoms with van der Waals surface area (Å²) in [7, 11) is 0.645. The number of aryl methyl sites for hydroxylation is 1. The molecule has 2 aromatic rings. The Hall–Kier alpha value is -2.74. The van der Waals surface area contributed by atoms with Gasteiger partial charge in [-0.15, -0.1) is 0 Å². The van der Waals surface area contributed by atoms with E-state index in [-0.39, 0.29) is 11.7 Å². The number of benzene rings is 1. The highest BCUT2D eigenvalue weighted by Gasteiger charge is 2.23. The van der Waals surface area contributed by atoms with Gasteiger partial charge in [-0.2, -0.15) is 0 Å². The fourth-order valence-corrected chi connectivity index (χ4v) is 3.95. The van der Waals surface area contributed by atoms with Crippen molar-refractivity contribution in [2.75, 3.05) is 24.7 Å². The monoisotopic (exact) mass is 372 g/mol. The summed E-state index contributed by atoms with van der Waals surface area (Å²) in [4.78, 5) is 23.1. The zero-order valence-electron chi connectivity index (χ0n) is 14.8. The molecule has 1 aliphatic rings. The van der Waals surface area contributed by atoms with Crippen LogP contribution >= 0.6 is 0 Å². The summed E-state index contributed by atoms with van der Waals surface area (Å²) in [6.07, 6.45) is 3.26. The van der Waals surface area contributed by atoms with Gasteiger partial charge in [0.15, 0.2) is 15.7 Å². The first-order valence-corrected chi connectivity index (χ1v) is 9.80. The minimum absolute atomic E-state index is 0.0959. The summed E-state index contributed by atoms with van der Waals surface area (Å²) in [6, 6.07) is 6.42. The molecular formula is C18H20N4O3S. The average molecular weight is 372 g/mol. The second-order valence-corrected chi connectivity index (χ2v) is 8.34. The molecule has 0 fully saturated rings. The Morgan fingerprint density at radius 1 is 1.23 bits per heavy atom. The lowest BCUT2D eigenvalue weighted by Gasteiger charge is -2.15. The molecule has 0 saturated carbocycles. The van der Waals surface area contributed by atoms with Crippen molar-refractivity contribution in [3.63, 3.8) is 0 Å². The first kappa shape index (κ1) is 18.1. The molecule has 1 aliphatic heterocycles.